The Labute approximate surface area is 179 Å². The molecule has 1 aliphatic rings. The quantitative estimate of drug-likeness (QED) is 0.527. The number of aromatic nitrogens is 1. The lowest BCUT2D eigenvalue weighted by Gasteiger charge is -2.34. The Bertz CT molecular complexity index is 1020. The molecular formula is C20H18F3N3O2S2. The van der Waals surface area contributed by atoms with Gasteiger partial charge in [0.2, 0.25) is 5.91 Å². The molecule has 0 N–H and O–H groups in total. The number of fused-ring (bicyclic) bond motifs is 1. The standard InChI is InChI=1S/C20H18F3N3O2S2/c21-20(22,23)28-14-6-7-16-17(12-14)30-19(24-16)26-10-8-25(9-11-26)18(27)13-29-15-4-2-1-3-5-15/h1-7,12H,8-11,13H2. The van der Waals surface area contributed by atoms with Crippen LogP contribution in [0.5, 0.6) is 5.75 Å². The monoisotopic (exact) mass is 453 g/mol. The summed E-state index contributed by atoms with van der Waals surface area (Å²) in [5.41, 5.74) is 0.627. The van der Waals surface area contributed by atoms with Crippen molar-refractivity contribution in [3.63, 3.8) is 0 Å². The second-order valence-corrected chi connectivity index (χ2v) is 8.70. The van der Waals surface area contributed by atoms with Gasteiger partial charge in [-0.2, -0.15) is 0 Å². The molecule has 5 nitrogen and oxygen atoms in total. The van der Waals surface area contributed by atoms with Crippen molar-refractivity contribution in [3.8, 4) is 5.75 Å². The first-order chi connectivity index (χ1) is 14.4. The molecule has 2 aromatic carbocycles. The number of anilines is 1. The number of halogens is 3. The number of benzene rings is 2. The molecule has 0 spiro atoms. The number of alkyl halides is 3. The SMILES string of the molecule is O=C(CSc1ccccc1)N1CCN(c2nc3ccc(OC(F)(F)F)cc3s2)CC1. The lowest BCUT2D eigenvalue weighted by atomic mass is 10.3. The predicted molar refractivity (Wildman–Crippen MR) is 112 cm³/mol. The fourth-order valence-corrected chi connectivity index (χ4v) is 4.99. The average molecular weight is 454 g/mol. The van der Waals surface area contributed by atoms with Crippen LogP contribution < -0.4 is 9.64 Å². The molecule has 1 fully saturated rings. The van der Waals surface area contributed by atoms with Crippen LogP contribution in [0.3, 0.4) is 0 Å². The first-order valence-corrected chi connectivity index (χ1v) is 11.0. The predicted octanol–water partition coefficient (Wildman–Crippen LogP) is 4.64. The number of hydrogen-bond donors (Lipinski definition) is 0. The van der Waals surface area contributed by atoms with Crippen LogP contribution in [-0.2, 0) is 4.79 Å². The third kappa shape index (κ3) is 5.17. The van der Waals surface area contributed by atoms with E-state index in [1.165, 1.54) is 41.3 Å². The van der Waals surface area contributed by atoms with Crippen molar-refractivity contribution >= 4 is 44.4 Å². The van der Waals surface area contributed by atoms with Gasteiger partial charge in [-0.1, -0.05) is 29.5 Å². The maximum Gasteiger partial charge on any atom is 0.573 e. The van der Waals surface area contributed by atoms with Crippen molar-refractivity contribution in [2.75, 3.05) is 36.8 Å². The summed E-state index contributed by atoms with van der Waals surface area (Å²) in [5, 5.41) is 0.736. The van der Waals surface area contributed by atoms with Crippen LogP contribution in [0.15, 0.2) is 53.4 Å². The number of carbonyl (C=O) groups is 1. The Balaban J connectivity index is 1.34. The topological polar surface area (TPSA) is 45.7 Å². The van der Waals surface area contributed by atoms with Gasteiger partial charge in [-0.05, 0) is 24.3 Å². The van der Waals surface area contributed by atoms with Crippen molar-refractivity contribution in [3.05, 3.63) is 48.5 Å². The van der Waals surface area contributed by atoms with E-state index in [2.05, 4.69) is 14.6 Å². The Morgan fingerprint density at radius 1 is 1.10 bits per heavy atom. The summed E-state index contributed by atoms with van der Waals surface area (Å²) < 4.78 is 41.9. The van der Waals surface area contributed by atoms with Gasteiger partial charge in [0, 0.05) is 37.1 Å². The van der Waals surface area contributed by atoms with Crippen molar-refractivity contribution in [1.29, 1.82) is 0 Å². The number of thioether (sulfide) groups is 1. The number of nitrogens with zero attached hydrogens (tertiary/aromatic N) is 3. The van der Waals surface area contributed by atoms with Crippen LogP contribution in [-0.4, -0.2) is 54.1 Å². The summed E-state index contributed by atoms with van der Waals surface area (Å²) in [6.07, 6.45) is -4.72. The van der Waals surface area contributed by atoms with Gasteiger partial charge in [0.05, 0.1) is 16.0 Å². The number of rotatable bonds is 5. The van der Waals surface area contributed by atoms with Gasteiger partial charge in [0.25, 0.3) is 0 Å². The zero-order valence-corrected chi connectivity index (χ0v) is 17.4. The van der Waals surface area contributed by atoms with Crippen molar-refractivity contribution in [2.24, 2.45) is 0 Å². The molecule has 0 unspecified atom stereocenters. The summed E-state index contributed by atoms with van der Waals surface area (Å²) in [7, 11) is 0. The van der Waals surface area contributed by atoms with E-state index in [4.69, 9.17) is 0 Å². The van der Waals surface area contributed by atoms with E-state index in [1.54, 1.807) is 0 Å². The molecule has 0 radical (unpaired) electrons. The Kier molecular flexibility index (Phi) is 6.05. The summed E-state index contributed by atoms with van der Waals surface area (Å²) in [6.45, 7) is 2.44. The lowest BCUT2D eigenvalue weighted by molar-refractivity contribution is -0.274. The molecule has 30 heavy (non-hydrogen) atoms. The minimum atomic E-state index is -4.72. The first-order valence-electron chi connectivity index (χ1n) is 9.24. The van der Waals surface area contributed by atoms with E-state index in [9.17, 15) is 18.0 Å². The van der Waals surface area contributed by atoms with Gasteiger partial charge in [-0.15, -0.1) is 24.9 Å². The molecule has 3 aromatic rings. The normalized spacial score (nSPS) is 14.9. The van der Waals surface area contributed by atoms with Crippen molar-refractivity contribution in [2.45, 2.75) is 11.3 Å². The number of ether oxygens (including phenoxy) is 1. The summed E-state index contributed by atoms with van der Waals surface area (Å²) in [5.74, 6) is 0.242. The van der Waals surface area contributed by atoms with Crippen LogP contribution in [0.25, 0.3) is 10.2 Å². The van der Waals surface area contributed by atoms with Crippen LogP contribution in [0, 0.1) is 0 Å². The maximum absolute atomic E-state index is 12.5. The average Bonchev–Trinajstić information content (AvgIpc) is 3.15. The zero-order chi connectivity index (χ0) is 21.1. The third-order valence-corrected chi connectivity index (χ3v) is 6.67. The molecule has 1 aromatic heterocycles. The highest BCUT2D eigenvalue weighted by atomic mass is 32.2. The highest BCUT2D eigenvalue weighted by Gasteiger charge is 2.31. The second kappa shape index (κ2) is 8.73. The molecule has 4 rings (SSSR count). The number of thiazole rings is 1. The smallest absolute Gasteiger partial charge is 0.406 e. The molecule has 10 heteroatoms. The summed E-state index contributed by atoms with van der Waals surface area (Å²) >= 11 is 2.84. The molecule has 0 atom stereocenters. The van der Waals surface area contributed by atoms with Gasteiger partial charge in [-0.3, -0.25) is 4.79 Å². The number of piperazine rings is 1. The lowest BCUT2D eigenvalue weighted by Crippen LogP contribution is -2.49. The van der Waals surface area contributed by atoms with E-state index >= 15 is 0 Å². The number of carbonyl (C=O) groups excluding carboxylic acids is 1. The van der Waals surface area contributed by atoms with Gasteiger partial charge in [0.15, 0.2) is 5.13 Å². The minimum absolute atomic E-state index is 0.0988. The fraction of sp³-hybridized carbons (Fsp3) is 0.300. The molecule has 1 saturated heterocycles. The van der Waals surface area contributed by atoms with Crippen molar-refractivity contribution in [1.82, 2.24) is 9.88 Å². The first kappa shape index (κ1) is 20.8. The minimum Gasteiger partial charge on any atom is -0.406 e. The van der Waals surface area contributed by atoms with Gasteiger partial charge >= 0.3 is 6.36 Å². The number of amides is 1. The van der Waals surface area contributed by atoms with E-state index in [-0.39, 0.29) is 11.7 Å². The van der Waals surface area contributed by atoms with Gasteiger partial charge in [0.1, 0.15) is 5.75 Å². The number of hydrogen-bond acceptors (Lipinski definition) is 6. The maximum atomic E-state index is 12.5. The molecule has 0 saturated carbocycles. The van der Waals surface area contributed by atoms with E-state index in [1.807, 2.05) is 35.2 Å². The van der Waals surface area contributed by atoms with Crippen LogP contribution in [0.2, 0.25) is 0 Å². The zero-order valence-electron chi connectivity index (χ0n) is 15.8. The molecule has 1 aliphatic heterocycles. The molecule has 2 heterocycles. The highest BCUT2D eigenvalue weighted by Crippen LogP contribution is 2.33. The van der Waals surface area contributed by atoms with Crippen LogP contribution in [0.1, 0.15) is 0 Å². The molecule has 0 bridgehead atoms. The van der Waals surface area contributed by atoms with Crippen LogP contribution >= 0.6 is 23.1 Å². The van der Waals surface area contributed by atoms with E-state index in [0.717, 1.165) is 10.0 Å². The largest absolute Gasteiger partial charge is 0.573 e. The van der Waals surface area contributed by atoms with Gasteiger partial charge < -0.3 is 14.5 Å². The Morgan fingerprint density at radius 3 is 2.53 bits per heavy atom. The van der Waals surface area contributed by atoms with E-state index < -0.39 is 6.36 Å². The third-order valence-electron chi connectivity index (χ3n) is 4.59. The fourth-order valence-electron chi connectivity index (χ4n) is 3.13. The molecule has 0 aliphatic carbocycles. The molecule has 1 amide bonds. The van der Waals surface area contributed by atoms with Gasteiger partial charge in [-0.25, -0.2) is 4.98 Å². The highest BCUT2D eigenvalue weighted by molar-refractivity contribution is 8.00. The Hall–Kier alpha value is -2.46. The molecular weight excluding hydrogens is 435 g/mol. The van der Waals surface area contributed by atoms with E-state index in [0.29, 0.717) is 42.1 Å². The van der Waals surface area contributed by atoms with Crippen molar-refractivity contribution < 1.29 is 22.7 Å². The summed E-state index contributed by atoms with van der Waals surface area (Å²) in [6, 6.07) is 13.9. The second-order valence-electron chi connectivity index (χ2n) is 6.64. The molecule has 158 valence electrons. The van der Waals surface area contributed by atoms with Crippen LogP contribution in [0.4, 0.5) is 18.3 Å². The summed E-state index contributed by atoms with van der Waals surface area (Å²) in [4.78, 5) is 22.0. The Morgan fingerprint density at radius 2 is 1.83 bits per heavy atom.